The number of carboxylic acid groups (broad SMARTS) is 1. The van der Waals surface area contributed by atoms with Gasteiger partial charge in [-0.25, -0.2) is 14.8 Å². The summed E-state index contributed by atoms with van der Waals surface area (Å²) in [6.45, 7) is 8.88. The largest absolute Gasteiger partial charge is 0.478 e. The van der Waals surface area contributed by atoms with Crippen molar-refractivity contribution in [2.24, 2.45) is 0 Å². The maximum Gasteiger partial charge on any atom is 0.336 e. The lowest BCUT2D eigenvalue weighted by molar-refractivity contribution is -0.130. The molecule has 0 atom stereocenters. The zero-order valence-corrected chi connectivity index (χ0v) is 16.9. The lowest BCUT2D eigenvalue weighted by Crippen LogP contribution is -2.04. The fraction of sp³-hybridized carbons (Fsp3) is 0.130. The number of rotatable bonds is 8. The second-order valence-electron chi connectivity index (χ2n) is 6.17. The number of hydrogen-bond acceptors (Lipinski definition) is 6. The van der Waals surface area contributed by atoms with E-state index in [9.17, 15) is 15.2 Å². The number of benzene rings is 1. The van der Waals surface area contributed by atoms with Gasteiger partial charge in [0.2, 0.25) is 11.8 Å². The smallest absolute Gasteiger partial charge is 0.336 e. The van der Waals surface area contributed by atoms with Gasteiger partial charge in [-0.15, -0.1) is 0 Å². The Morgan fingerprint density at radius 3 is 2.53 bits per heavy atom. The predicted molar refractivity (Wildman–Crippen MR) is 113 cm³/mol. The lowest BCUT2D eigenvalue weighted by atomic mass is 10.0. The number of carbonyl (C=O) groups is 1. The first-order valence-electron chi connectivity index (χ1n) is 8.98. The van der Waals surface area contributed by atoms with Crippen LogP contribution in [0, 0.1) is 11.3 Å². The van der Waals surface area contributed by atoms with Crippen LogP contribution in [0.4, 0.5) is 0 Å². The van der Waals surface area contributed by atoms with Crippen LogP contribution in [-0.2, 0) is 4.79 Å². The standard InChI is InChI=1S/C23H21N3O4/c1-5-9-16(13-24)18(6-2)29-20-12-21(26-14-25-20)30-19-11-8-7-10-17(19)22(15(3)4)23(27)28/h5-12,14H,2H2,1,3-4H3,(H,27,28). The molecule has 0 aliphatic carbocycles. The average Bonchev–Trinajstić information content (AvgIpc) is 2.71. The maximum atomic E-state index is 11.7. The number of aliphatic carboxylic acids is 1. The van der Waals surface area contributed by atoms with Crippen molar-refractivity contribution < 1.29 is 19.4 Å². The summed E-state index contributed by atoms with van der Waals surface area (Å²) in [6.07, 6.45) is 5.96. The summed E-state index contributed by atoms with van der Waals surface area (Å²) in [5.74, 6) is -0.194. The molecule has 30 heavy (non-hydrogen) atoms. The van der Waals surface area contributed by atoms with E-state index >= 15 is 0 Å². The average molecular weight is 403 g/mol. The van der Waals surface area contributed by atoms with E-state index in [1.807, 2.05) is 6.07 Å². The van der Waals surface area contributed by atoms with Crippen LogP contribution in [-0.4, -0.2) is 21.0 Å². The molecule has 2 aromatic rings. The molecule has 1 heterocycles. The van der Waals surface area contributed by atoms with Crippen molar-refractivity contribution >= 4 is 11.5 Å². The molecule has 1 N–H and O–H groups in total. The van der Waals surface area contributed by atoms with E-state index in [-0.39, 0.29) is 28.7 Å². The summed E-state index contributed by atoms with van der Waals surface area (Å²) in [5.41, 5.74) is 1.50. The molecule has 0 saturated carbocycles. The third kappa shape index (κ3) is 5.42. The molecule has 0 fully saturated rings. The van der Waals surface area contributed by atoms with Crippen LogP contribution in [0.3, 0.4) is 0 Å². The van der Waals surface area contributed by atoms with Gasteiger partial charge in [0.25, 0.3) is 0 Å². The minimum Gasteiger partial charge on any atom is -0.478 e. The molecule has 0 radical (unpaired) electrons. The highest BCUT2D eigenvalue weighted by Crippen LogP contribution is 2.32. The fourth-order valence-corrected chi connectivity index (χ4v) is 2.57. The van der Waals surface area contributed by atoms with Gasteiger partial charge in [-0.3, -0.25) is 0 Å². The van der Waals surface area contributed by atoms with Crippen LogP contribution in [0.15, 0.2) is 78.4 Å². The molecule has 0 unspecified atom stereocenters. The molecule has 1 aromatic heterocycles. The van der Waals surface area contributed by atoms with Crippen LogP contribution in [0.5, 0.6) is 17.5 Å². The molecule has 0 aliphatic heterocycles. The third-order valence-electron chi connectivity index (χ3n) is 3.82. The Hall–Kier alpha value is -4.18. The Morgan fingerprint density at radius 2 is 1.93 bits per heavy atom. The van der Waals surface area contributed by atoms with Crippen LogP contribution >= 0.6 is 0 Å². The number of ether oxygens (including phenoxy) is 2. The fourth-order valence-electron chi connectivity index (χ4n) is 2.57. The molecule has 0 aliphatic rings. The van der Waals surface area contributed by atoms with E-state index in [1.165, 1.54) is 18.5 Å². The van der Waals surface area contributed by atoms with Crippen LogP contribution in [0.2, 0.25) is 0 Å². The Balaban J connectivity index is 2.40. The van der Waals surface area contributed by atoms with E-state index in [0.29, 0.717) is 16.9 Å². The summed E-state index contributed by atoms with van der Waals surface area (Å²) in [4.78, 5) is 19.8. The first-order valence-corrected chi connectivity index (χ1v) is 8.98. The summed E-state index contributed by atoms with van der Waals surface area (Å²) in [6, 6.07) is 10.3. The van der Waals surface area contributed by atoms with Gasteiger partial charge in [0, 0.05) is 5.56 Å². The van der Waals surface area contributed by atoms with Crippen molar-refractivity contribution in [3.05, 3.63) is 83.9 Å². The molecule has 7 nitrogen and oxygen atoms in total. The second-order valence-corrected chi connectivity index (χ2v) is 6.17. The Kier molecular flexibility index (Phi) is 7.66. The summed E-state index contributed by atoms with van der Waals surface area (Å²) in [7, 11) is 0. The molecule has 0 bridgehead atoms. The molecular weight excluding hydrogens is 382 g/mol. The summed E-state index contributed by atoms with van der Waals surface area (Å²) < 4.78 is 11.5. The van der Waals surface area contributed by atoms with E-state index in [1.54, 1.807) is 57.2 Å². The molecule has 1 aromatic carbocycles. The van der Waals surface area contributed by atoms with E-state index in [2.05, 4.69) is 16.5 Å². The van der Waals surface area contributed by atoms with Crippen molar-refractivity contribution in [3.8, 4) is 23.6 Å². The predicted octanol–water partition coefficient (Wildman–Crippen LogP) is 5.07. The van der Waals surface area contributed by atoms with Gasteiger partial charge >= 0.3 is 5.97 Å². The summed E-state index contributed by atoms with van der Waals surface area (Å²) >= 11 is 0. The van der Waals surface area contributed by atoms with Crippen molar-refractivity contribution in [2.75, 3.05) is 0 Å². The van der Waals surface area contributed by atoms with Crippen molar-refractivity contribution in [1.82, 2.24) is 9.97 Å². The Morgan fingerprint density at radius 1 is 1.23 bits per heavy atom. The number of nitrogens with zero attached hydrogens (tertiary/aromatic N) is 3. The van der Waals surface area contributed by atoms with Crippen LogP contribution < -0.4 is 9.47 Å². The van der Waals surface area contributed by atoms with Crippen molar-refractivity contribution in [1.29, 1.82) is 5.26 Å². The minimum atomic E-state index is -1.05. The van der Waals surface area contributed by atoms with Gasteiger partial charge in [-0.1, -0.05) is 36.4 Å². The third-order valence-corrected chi connectivity index (χ3v) is 3.82. The molecule has 0 saturated heterocycles. The van der Waals surface area contributed by atoms with Crippen LogP contribution in [0.25, 0.3) is 5.57 Å². The van der Waals surface area contributed by atoms with Gasteiger partial charge in [0.1, 0.15) is 23.9 Å². The quantitative estimate of drug-likeness (QED) is 0.284. The highest BCUT2D eigenvalue weighted by Gasteiger charge is 2.18. The number of aromatic nitrogens is 2. The second kappa shape index (κ2) is 10.4. The lowest BCUT2D eigenvalue weighted by Gasteiger charge is -2.13. The number of para-hydroxylation sites is 1. The minimum absolute atomic E-state index is 0.144. The Bertz CT molecular complexity index is 1090. The van der Waals surface area contributed by atoms with E-state index in [4.69, 9.17) is 9.47 Å². The Labute approximate surface area is 174 Å². The van der Waals surface area contributed by atoms with Gasteiger partial charge in [0.05, 0.1) is 17.2 Å². The van der Waals surface area contributed by atoms with E-state index < -0.39 is 5.97 Å². The van der Waals surface area contributed by atoms with Gasteiger partial charge in [0.15, 0.2) is 0 Å². The first-order chi connectivity index (χ1) is 14.4. The first kappa shape index (κ1) is 22.1. The topological polar surface area (TPSA) is 105 Å². The van der Waals surface area contributed by atoms with E-state index in [0.717, 1.165) is 0 Å². The normalized spacial score (nSPS) is 11.3. The highest BCUT2D eigenvalue weighted by molar-refractivity contribution is 6.17. The molecule has 7 heteroatoms. The number of hydrogen-bond donors (Lipinski definition) is 1. The number of allylic oxidation sites excluding steroid dienone is 5. The van der Waals surface area contributed by atoms with Crippen molar-refractivity contribution in [2.45, 2.75) is 20.8 Å². The zero-order chi connectivity index (χ0) is 22.1. The van der Waals surface area contributed by atoms with Gasteiger partial charge < -0.3 is 14.6 Å². The van der Waals surface area contributed by atoms with Crippen molar-refractivity contribution in [3.63, 3.8) is 0 Å². The zero-order valence-electron chi connectivity index (χ0n) is 16.9. The van der Waals surface area contributed by atoms with Gasteiger partial charge in [-0.05, 0) is 39.0 Å². The molecule has 152 valence electrons. The molecule has 2 rings (SSSR count). The van der Waals surface area contributed by atoms with Gasteiger partial charge in [-0.2, -0.15) is 5.26 Å². The maximum absolute atomic E-state index is 11.7. The highest BCUT2D eigenvalue weighted by atomic mass is 16.5. The molecule has 0 amide bonds. The molecular formula is C23H21N3O4. The molecule has 0 spiro atoms. The SMILES string of the molecule is C=CC(Oc1cc(Oc2ccccc2C(C(=O)O)=C(C)C)ncn1)=C(C#N)C=CC. The summed E-state index contributed by atoms with van der Waals surface area (Å²) in [5, 5.41) is 18.8. The monoisotopic (exact) mass is 403 g/mol. The number of nitriles is 1. The number of carboxylic acids is 1. The van der Waals surface area contributed by atoms with Crippen LogP contribution in [0.1, 0.15) is 26.3 Å².